The van der Waals surface area contributed by atoms with Gasteiger partial charge >= 0.3 is 0 Å². The van der Waals surface area contributed by atoms with Crippen LogP contribution >= 0.6 is 0 Å². The summed E-state index contributed by atoms with van der Waals surface area (Å²) in [6.45, 7) is 5.28. The zero-order chi connectivity index (χ0) is 7.98. The van der Waals surface area contributed by atoms with Gasteiger partial charge in [0.05, 0.1) is 0 Å². The second kappa shape index (κ2) is 4.93. The quantitative estimate of drug-likeness (QED) is 0.553. The number of nitrogens with one attached hydrogen (secondary N) is 2. The highest BCUT2D eigenvalue weighted by Crippen LogP contribution is 1.96. The van der Waals surface area contributed by atoms with Crippen LogP contribution in [0.4, 0.5) is 0 Å². The van der Waals surface area contributed by atoms with Crippen LogP contribution < -0.4 is 5.32 Å². The van der Waals surface area contributed by atoms with E-state index in [0.29, 0.717) is 5.82 Å². The van der Waals surface area contributed by atoms with E-state index >= 15 is 0 Å². The summed E-state index contributed by atoms with van der Waals surface area (Å²) in [4.78, 5) is 1.82. The van der Waals surface area contributed by atoms with Gasteiger partial charge in [0.1, 0.15) is 5.82 Å². The van der Waals surface area contributed by atoms with Gasteiger partial charge in [-0.1, -0.05) is 6.58 Å². The first-order valence-electron chi connectivity index (χ1n) is 3.14. The van der Waals surface area contributed by atoms with Crippen molar-refractivity contribution in [2.45, 2.75) is 0 Å². The molecule has 4 nitrogen and oxygen atoms in total. The average Bonchev–Trinajstić information content (AvgIpc) is 1.98. The monoisotopic (exact) mass is 142 g/mol. The molecule has 0 aliphatic heterocycles. The lowest BCUT2D eigenvalue weighted by Gasteiger charge is -2.16. The minimum Gasteiger partial charge on any atom is -0.357 e. The molecule has 58 valence electrons. The molecule has 0 aromatic carbocycles. The van der Waals surface area contributed by atoms with E-state index in [1.54, 1.807) is 0 Å². The highest BCUT2D eigenvalue weighted by atomic mass is 15.2. The minimum atomic E-state index is 0.496. The van der Waals surface area contributed by atoms with Crippen LogP contribution in [0.15, 0.2) is 17.5 Å². The highest BCUT2D eigenvalue weighted by Gasteiger charge is 1.96. The first-order chi connectivity index (χ1) is 4.72. The third-order valence-electron chi connectivity index (χ3n) is 1.27. The van der Waals surface area contributed by atoms with E-state index in [-0.39, 0.29) is 0 Å². The van der Waals surface area contributed by atoms with Gasteiger partial charge in [0.25, 0.3) is 0 Å². The predicted molar refractivity (Wildman–Crippen MR) is 40.8 cm³/mol. The van der Waals surface area contributed by atoms with Crippen LogP contribution in [0.25, 0.3) is 0 Å². The molecular weight excluding hydrogens is 128 g/mol. The molecule has 0 aromatic rings. The van der Waals surface area contributed by atoms with Crippen LogP contribution in [0.5, 0.6) is 0 Å². The Labute approximate surface area is 61.4 Å². The van der Waals surface area contributed by atoms with E-state index in [9.17, 15) is 0 Å². The number of likely N-dealkylation sites (N-methyl/N-ethyl adjacent to an activating group) is 2. The summed E-state index contributed by atoms with van der Waals surface area (Å²) in [6, 6.07) is 0. The number of nitrogens with zero attached hydrogens (tertiary/aromatic N) is 2. The Hall–Kier alpha value is -0.900. The Bertz CT molecular complexity index is 121. The van der Waals surface area contributed by atoms with Crippen molar-refractivity contribution in [2.24, 2.45) is 5.11 Å². The molecule has 0 aliphatic rings. The second-order valence-corrected chi connectivity index (χ2v) is 2.05. The normalized spacial score (nSPS) is 9.00. The largest absolute Gasteiger partial charge is 0.357 e. The van der Waals surface area contributed by atoms with Gasteiger partial charge in [0, 0.05) is 20.1 Å². The first kappa shape index (κ1) is 9.10. The number of hydrogen-bond acceptors (Lipinski definition) is 4. The molecule has 0 saturated heterocycles. The Morgan fingerprint density at radius 1 is 1.80 bits per heavy atom. The van der Waals surface area contributed by atoms with Crippen molar-refractivity contribution in [1.82, 2.24) is 10.2 Å². The van der Waals surface area contributed by atoms with Crippen LogP contribution in [0.1, 0.15) is 0 Å². The van der Waals surface area contributed by atoms with Crippen LogP contribution in [-0.4, -0.2) is 32.1 Å². The number of rotatable bonds is 5. The van der Waals surface area contributed by atoms with Crippen LogP contribution in [-0.2, 0) is 0 Å². The summed E-state index contributed by atoms with van der Waals surface area (Å²) in [5.41, 5.74) is 6.64. The summed E-state index contributed by atoms with van der Waals surface area (Å²) in [5.74, 6) is 0.496. The lowest BCUT2D eigenvalue weighted by Crippen LogP contribution is -2.25. The fourth-order valence-electron chi connectivity index (χ4n) is 0.494. The molecular formula is C6H14N4. The third-order valence-corrected chi connectivity index (χ3v) is 1.27. The minimum absolute atomic E-state index is 0.496. The maximum Gasteiger partial charge on any atom is 0.142 e. The van der Waals surface area contributed by atoms with Gasteiger partial charge in [-0.15, -0.1) is 5.11 Å². The van der Waals surface area contributed by atoms with E-state index < -0.39 is 0 Å². The molecule has 0 spiro atoms. The molecule has 0 amide bonds. The molecule has 0 aliphatic carbocycles. The molecule has 0 aromatic heterocycles. The molecule has 0 heterocycles. The molecule has 0 rings (SSSR count). The van der Waals surface area contributed by atoms with E-state index in [2.05, 4.69) is 17.0 Å². The van der Waals surface area contributed by atoms with Gasteiger partial charge in [0.2, 0.25) is 0 Å². The van der Waals surface area contributed by atoms with Crippen LogP contribution in [0.3, 0.4) is 0 Å². The maximum atomic E-state index is 6.64. The second-order valence-electron chi connectivity index (χ2n) is 2.05. The van der Waals surface area contributed by atoms with Gasteiger partial charge in [-0.05, 0) is 7.05 Å². The Morgan fingerprint density at radius 2 is 2.40 bits per heavy atom. The van der Waals surface area contributed by atoms with Gasteiger partial charge in [-0.2, -0.15) is 0 Å². The standard InChI is InChI=1S/C6H14N4/c1-6(9-7)10(3)5-4-8-2/h7-8H,1,4-5H2,2-3H3. The fourth-order valence-corrected chi connectivity index (χ4v) is 0.494. The Balaban J connectivity index is 3.51. The van der Waals surface area contributed by atoms with E-state index in [0.717, 1.165) is 13.1 Å². The van der Waals surface area contributed by atoms with E-state index in [1.165, 1.54) is 0 Å². The van der Waals surface area contributed by atoms with Gasteiger partial charge in [-0.25, -0.2) is 5.53 Å². The Morgan fingerprint density at radius 3 is 2.80 bits per heavy atom. The SMILES string of the molecule is C=C(N=N)N(C)CCNC. The van der Waals surface area contributed by atoms with Crippen molar-refractivity contribution in [3.8, 4) is 0 Å². The van der Waals surface area contributed by atoms with Crippen molar-refractivity contribution in [2.75, 3.05) is 27.2 Å². The Kier molecular flexibility index (Phi) is 4.49. The zero-order valence-corrected chi connectivity index (χ0v) is 6.52. The third kappa shape index (κ3) is 3.19. The average molecular weight is 142 g/mol. The molecule has 10 heavy (non-hydrogen) atoms. The van der Waals surface area contributed by atoms with E-state index in [1.807, 2.05) is 19.0 Å². The van der Waals surface area contributed by atoms with Gasteiger partial charge in [0.15, 0.2) is 0 Å². The summed E-state index contributed by atoms with van der Waals surface area (Å²) in [5, 5.41) is 6.19. The van der Waals surface area contributed by atoms with Crippen molar-refractivity contribution in [3.05, 3.63) is 12.4 Å². The summed E-state index contributed by atoms with van der Waals surface area (Å²) in [7, 11) is 3.74. The van der Waals surface area contributed by atoms with Gasteiger partial charge < -0.3 is 10.2 Å². The molecule has 0 atom stereocenters. The van der Waals surface area contributed by atoms with E-state index in [4.69, 9.17) is 5.53 Å². The molecule has 0 saturated carbocycles. The molecule has 0 bridgehead atoms. The fraction of sp³-hybridized carbons (Fsp3) is 0.667. The smallest absolute Gasteiger partial charge is 0.142 e. The zero-order valence-electron chi connectivity index (χ0n) is 6.52. The molecule has 2 N–H and O–H groups in total. The predicted octanol–water partition coefficient (Wildman–Crippen LogP) is 0.640. The highest BCUT2D eigenvalue weighted by molar-refractivity contribution is 4.86. The van der Waals surface area contributed by atoms with Crippen LogP contribution in [0.2, 0.25) is 0 Å². The van der Waals surface area contributed by atoms with Crippen molar-refractivity contribution in [3.63, 3.8) is 0 Å². The van der Waals surface area contributed by atoms with Gasteiger partial charge in [-0.3, -0.25) is 0 Å². The number of hydrogen-bond donors (Lipinski definition) is 2. The van der Waals surface area contributed by atoms with Crippen molar-refractivity contribution >= 4 is 0 Å². The summed E-state index contributed by atoms with van der Waals surface area (Å²) >= 11 is 0. The topological polar surface area (TPSA) is 51.5 Å². The molecule has 0 unspecified atom stereocenters. The summed E-state index contributed by atoms with van der Waals surface area (Å²) in [6.07, 6.45) is 0. The van der Waals surface area contributed by atoms with Crippen molar-refractivity contribution in [1.29, 1.82) is 5.53 Å². The molecule has 0 radical (unpaired) electrons. The lowest BCUT2D eigenvalue weighted by molar-refractivity contribution is 0.407. The maximum absolute atomic E-state index is 6.64. The first-order valence-corrected chi connectivity index (χ1v) is 3.14. The summed E-state index contributed by atoms with van der Waals surface area (Å²) < 4.78 is 0. The molecule has 4 heteroatoms. The van der Waals surface area contributed by atoms with Crippen LogP contribution in [0, 0.1) is 5.53 Å². The molecule has 0 fully saturated rings. The lowest BCUT2D eigenvalue weighted by atomic mass is 10.5. The van der Waals surface area contributed by atoms with Crippen molar-refractivity contribution < 1.29 is 0 Å².